The third-order valence-corrected chi connectivity index (χ3v) is 2.58. The molecule has 0 unspecified atom stereocenters. The van der Waals surface area contributed by atoms with Crippen molar-refractivity contribution in [3.05, 3.63) is 12.2 Å². The maximum absolute atomic E-state index is 8.54. The SMILES string of the molecule is CN1CCC(C/C=C\CO)CC1. The predicted molar refractivity (Wildman–Crippen MR) is 51.1 cm³/mol. The van der Waals surface area contributed by atoms with E-state index in [0.29, 0.717) is 0 Å². The number of aliphatic hydroxyl groups excluding tert-OH is 1. The molecule has 0 radical (unpaired) electrons. The molecule has 0 aromatic heterocycles. The van der Waals surface area contributed by atoms with Crippen LogP contribution in [0.5, 0.6) is 0 Å². The Morgan fingerprint density at radius 3 is 2.58 bits per heavy atom. The minimum absolute atomic E-state index is 0.187. The largest absolute Gasteiger partial charge is 0.392 e. The van der Waals surface area contributed by atoms with Gasteiger partial charge in [-0.3, -0.25) is 0 Å². The van der Waals surface area contributed by atoms with E-state index >= 15 is 0 Å². The number of hydrogen-bond acceptors (Lipinski definition) is 2. The zero-order chi connectivity index (χ0) is 8.81. The molecule has 0 aliphatic carbocycles. The number of hydrogen-bond donors (Lipinski definition) is 1. The maximum atomic E-state index is 8.54. The van der Waals surface area contributed by atoms with Gasteiger partial charge >= 0.3 is 0 Å². The topological polar surface area (TPSA) is 23.5 Å². The molecule has 0 aromatic carbocycles. The van der Waals surface area contributed by atoms with Crippen molar-refractivity contribution >= 4 is 0 Å². The Kier molecular flexibility index (Phi) is 4.33. The molecule has 0 saturated carbocycles. The van der Waals surface area contributed by atoms with Gasteiger partial charge in [-0.15, -0.1) is 0 Å². The second-order valence-electron chi connectivity index (χ2n) is 3.64. The molecule has 0 spiro atoms. The summed E-state index contributed by atoms with van der Waals surface area (Å²) in [6.45, 7) is 2.65. The number of piperidine rings is 1. The molecule has 1 saturated heterocycles. The van der Waals surface area contributed by atoms with Gasteiger partial charge in [-0.2, -0.15) is 0 Å². The molecule has 0 amide bonds. The van der Waals surface area contributed by atoms with Crippen LogP contribution in [0.2, 0.25) is 0 Å². The van der Waals surface area contributed by atoms with Crippen molar-refractivity contribution in [1.29, 1.82) is 0 Å². The molecule has 1 rings (SSSR count). The van der Waals surface area contributed by atoms with Crippen LogP contribution in [-0.4, -0.2) is 36.8 Å². The molecule has 0 atom stereocenters. The number of aliphatic hydroxyl groups is 1. The summed E-state index contributed by atoms with van der Waals surface area (Å²) in [7, 11) is 2.18. The van der Waals surface area contributed by atoms with Gasteiger partial charge in [0.2, 0.25) is 0 Å². The van der Waals surface area contributed by atoms with E-state index in [9.17, 15) is 0 Å². The lowest BCUT2D eigenvalue weighted by Crippen LogP contribution is -2.29. The van der Waals surface area contributed by atoms with E-state index in [4.69, 9.17) is 5.11 Å². The molecule has 1 aliphatic rings. The molecule has 1 fully saturated rings. The number of likely N-dealkylation sites (tertiary alicyclic amines) is 1. The normalized spacial score (nSPS) is 22.2. The third-order valence-electron chi connectivity index (χ3n) is 2.58. The summed E-state index contributed by atoms with van der Waals surface area (Å²) in [5, 5.41) is 8.54. The van der Waals surface area contributed by atoms with E-state index in [1.165, 1.54) is 25.9 Å². The van der Waals surface area contributed by atoms with Crippen LogP contribution < -0.4 is 0 Å². The summed E-state index contributed by atoms with van der Waals surface area (Å²) in [5.74, 6) is 0.851. The third kappa shape index (κ3) is 3.37. The Labute approximate surface area is 74.9 Å². The van der Waals surface area contributed by atoms with Gasteiger partial charge in [0.25, 0.3) is 0 Å². The van der Waals surface area contributed by atoms with Crippen molar-refractivity contribution in [2.24, 2.45) is 5.92 Å². The summed E-state index contributed by atoms with van der Waals surface area (Å²) >= 11 is 0. The van der Waals surface area contributed by atoms with Crippen LogP contribution in [0, 0.1) is 5.92 Å². The van der Waals surface area contributed by atoms with E-state index in [1.807, 2.05) is 6.08 Å². The minimum Gasteiger partial charge on any atom is -0.392 e. The van der Waals surface area contributed by atoms with E-state index in [-0.39, 0.29) is 6.61 Å². The number of rotatable bonds is 3. The molecule has 1 heterocycles. The second kappa shape index (κ2) is 5.33. The lowest BCUT2D eigenvalue weighted by atomic mass is 9.94. The highest BCUT2D eigenvalue weighted by Crippen LogP contribution is 2.19. The molecule has 2 nitrogen and oxygen atoms in total. The van der Waals surface area contributed by atoms with E-state index in [1.54, 1.807) is 0 Å². The van der Waals surface area contributed by atoms with E-state index < -0.39 is 0 Å². The summed E-state index contributed by atoms with van der Waals surface area (Å²) < 4.78 is 0. The monoisotopic (exact) mass is 169 g/mol. The van der Waals surface area contributed by atoms with Gasteiger partial charge in [0.15, 0.2) is 0 Å². The lowest BCUT2D eigenvalue weighted by molar-refractivity contribution is 0.220. The smallest absolute Gasteiger partial charge is 0.0612 e. The average Bonchev–Trinajstić information content (AvgIpc) is 2.09. The van der Waals surface area contributed by atoms with Crippen molar-refractivity contribution in [3.63, 3.8) is 0 Å². The van der Waals surface area contributed by atoms with Crippen LogP contribution in [0.3, 0.4) is 0 Å². The van der Waals surface area contributed by atoms with Crippen molar-refractivity contribution < 1.29 is 5.11 Å². The van der Waals surface area contributed by atoms with Crippen molar-refractivity contribution in [1.82, 2.24) is 4.90 Å². The molecule has 70 valence electrons. The Hall–Kier alpha value is -0.340. The van der Waals surface area contributed by atoms with Crippen LogP contribution in [0.15, 0.2) is 12.2 Å². The van der Waals surface area contributed by atoms with Gasteiger partial charge in [0, 0.05) is 0 Å². The number of allylic oxidation sites excluding steroid dienone is 1. The van der Waals surface area contributed by atoms with Gasteiger partial charge in [-0.05, 0) is 45.3 Å². The van der Waals surface area contributed by atoms with Crippen LogP contribution in [0.1, 0.15) is 19.3 Å². The van der Waals surface area contributed by atoms with Gasteiger partial charge < -0.3 is 10.0 Å². The summed E-state index contributed by atoms with van der Waals surface area (Å²) in [6.07, 6.45) is 7.72. The van der Waals surface area contributed by atoms with Crippen LogP contribution >= 0.6 is 0 Å². The summed E-state index contributed by atoms with van der Waals surface area (Å²) in [5.41, 5.74) is 0. The van der Waals surface area contributed by atoms with Crippen LogP contribution in [0.4, 0.5) is 0 Å². The first-order chi connectivity index (χ1) is 5.83. The van der Waals surface area contributed by atoms with Crippen molar-refractivity contribution in [2.45, 2.75) is 19.3 Å². The minimum atomic E-state index is 0.187. The first kappa shape index (κ1) is 9.75. The molecule has 0 aromatic rings. The molecule has 12 heavy (non-hydrogen) atoms. The Morgan fingerprint density at radius 2 is 2.00 bits per heavy atom. The fourth-order valence-corrected chi connectivity index (χ4v) is 1.66. The maximum Gasteiger partial charge on any atom is 0.0612 e. The van der Waals surface area contributed by atoms with Crippen LogP contribution in [-0.2, 0) is 0 Å². The molecule has 0 bridgehead atoms. The fraction of sp³-hybridized carbons (Fsp3) is 0.800. The van der Waals surface area contributed by atoms with E-state index in [2.05, 4.69) is 18.0 Å². The van der Waals surface area contributed by atoms with Crippen LogP contribution in [0.25, 0.3) is 0 Å². The van der Waals surface area contributed by atoms with Crippen molar-refractivity contribution in [2.75, 3.05) is 26.7 Å². The Balaban J connectivity index is 2.13. The highest BCUT2D eigenvalue weighted by molar-refractivity contribution is 4.85. The first-order valence-electron chi connectivity index (χ1n) is 4.77. The Bertz CT molecular complexity index is 137. The Morgan fingerprint density at radius 1 is 1.33 bits per heavy atom. The zero-order valence-electron chi connectivity index (χ0n) is 7.87. The quantitative estimate of drug-likeness (QED) is 0.643. The summed E-state index contributed by atoms with van der Waals surface area (Å²) in [6, 6.07) is 0. The first-order valence-corrected chi connectivity index (χ1v) is 4.77. The van der Waals surface area contributed by atoms with Gasteiger partial charge in [-0.25, -0.2) is 0 Å². The standard InChI is InChI=1S/C10H19NO/c1-11-7-5-10(6-8-11)4-2-3-9-12/h2-3,10,12H,4-9H2,1H3/b3-2-. The number of nitrogens with zero attached hydrogens (tertiary/aromatic N) is 1. The van der Waals surface area contributed by atoms with Gasteiger partial charge in [0.05, 0.1) is 6.61 Å². The molecule has 1 N–H and O–H groups in total. The van der Waals surface area contributed by atoms with E-state index in [0.717, 1.165) is 12.3 Å². The van der Waals surface area contributed by atoms with Crippen molar-refractivity contribution in [3.8, 4) is 0 Å². The molecular formula is C10H19NO. The second-order valence-corrected chi connectivity index (χ2v) is 3.64. The predicted octanol–water partition coefficient (Wildman–Crippen LogP) is 1.27. The van der Waals surface area contributed by atoms with Gasteiger partial charge in [-0.1, -0.05) is 12.2 Å². The average molecular weight is 169 g/mol. The van der Waals surface area contributed by atoms with Gasteiger partial charge in [0.1, 0.15) is 0 Å². The highest BCUT2D eigenvalue weighted by atomic mass is 16.2. The molecule has 2 heteroatoms. The zero-order valence-corrected chi connectivity index (χ0v) is 7.87. The highest BCUT2D eigenvalue weighted by Gasteiger charge is 2.14. The molecular weight excluding hydrogens is 150 g/mol. The summed E-state index contributed by atoms with van der Waals surface area (Å²) in [4.78, 5) is 2.38. The lowest BCUT2D eigenvalue weighted by Gasteiger charge is -2.28. The fourth-order valence-electron chi connectivity index (χ4n) is 1.66. The molecule has 1 aliphatic heterocycles.